The van der Waals surface area contributed by atoms with E-state index in [4.69, 9.17) is 9.47 Å². The van der Waals surface area contributed by atoms with E-state index in [1.165, 1.54) is 20.6 Å². The van der Waals surface area contributed by atoms with Crippen molar-refractivity contribution >= 4 is 23.7 Å². The minimum atomic E-state index is -0.824. The first-order chi connectivity index (χ1) is 14.5. The lowest BCUT2D eigenvalue weighted by atomic mass is 9.93. The zero-order chi connectivity index (χ0) is 21.5. The van der Waals surface area contributed by atoms with Crippen molar-refractivity contribution in [2.24, 2.45) is 4.99 Å². The molecular formula is C23H28N2O5. The number of aliphatic hydroxyl groups is 1. The van der Waals surface area contributed by atoms with Crippen LogP contribution in [-0.4, -0.2) is 55.1 Å². The van der Waals surface area contributed by atoms with E-state index in [-0.39, 0.29) is 23.1 Å². The number of hydrogen-bond acceptors (Lipinski definition) is 7. The molecule has 0 bridgehead atoms. The molecule has 1 aromatic rings. The number of aliphatic imine (C=N–C) groups is 1. The predicted octanol–water partition coefficient (Wildman–Crippen LogP) is 2.97. The van der Waals surface area contributed by atoms with Gasteiger partial charge >= 0.3 is 11.9 Å². The highest BCUT2D eigenvalue weighted by atomic mass is 16.5. The molecule has 1 aliphatic carbocycles. The van der Waals surface area contributed by atoms with Gasteiger partial charge in [-0.05, 0) is 18.4 Å². The molecule has 0 saturated heterocycles. The zero-order valence-corrected chi connectivity index (χ0v) is 17.3. The van der Waals surface area contributed by atoms with Gasteiger partial charge in [-0.1, -0.05) is 61.7 Å². The molecule has 1 saturated carbocycles. The molecule has 1 fully saturated rings. The van der Waals surface area contributed by atoms with Crippen LogP contribution in [0.1, 0.15) is 37.7 Å². The fourth-order valence-corrected chi connectivity index (χ4v) is 3.91. The molecule has 0 aromatic heterocycles. The standard InChI is InChI=1S/C23H28N2O5/c1-29-22(27)18-20(23(28)30-2)25-19(21(18)26)17(24-16-11-7-4-8-12-16)14-13-15-9-5-3-6-10-15/h3,5-6,9-10,13-14,16-17,19,24,26H,4,7-8,11-12H2,1-2H3/b14-13+. The van der Waals surface area contributed by atoms with Gasteiger partial charge in [0, 0.05) is 6.04 Å². The fourth-order valence-electron chi connectivity index (χ4n) is 3.91. The Morgan fingerprint density at radius 2 is 1.77 bits per heavy atom. The number of aliphatic hydroxyl groups excluding tert-OH is 1. The molecule has 0 radical (unpaired) electrons. The van der Waals surface area contributed by atoms with Crippen molar-refractivity contribution in [3.05, 3.63) is 53.3 Å². The Labute approximate surface area is 176 Å². The van der Waals surface area contributed by atoms with Gasteiger partial charge in [0.2, 0.25) is 0 Å². The molecular weight excluding hydrogens is 384 g/mol. The average molecular weight is 412 g/mol. The highest BCUT2D eigenvalue weighted by molar-refractivity contribution is 6.50. The molecule has 7 nitrogen and oxygen atoms in total. The van der Waals surface area contributed by atoms with Crippen molar-refractivity contribution in [2.45, 2.75) is 50.2 Å². The van der Waals surface area contributed by atoms with E-state index in [2.05, 4.69) is 10.3 Å². The Morgan fingerprint density at radius 3 is 2.40 bits per heavy atom. The first kappa shape index (κ1) is 21.8. The SMILES string of the molecule is COC(=O)C1=NC(C(/C=C/c2ccccc2)NC2CCCCC2)C(O)=C1C(=O)OC. The monoisotopic (exact) mass is 412 g/mol. The number of hydrogen-bond donors (Lipinski definition) is 2. The number of esters is 2. The van der Waals surface area contributed by atoms with Gasteiger partial charge in [0.25, 0.3) is 0 Å². The molecule has 2 unspecified atom stereocenters. The highest BCUT2D eigenvalue weighted by Gasteiger charge is 2.40. The van der Waals surface area contributed by atoms with Crippen LogP contribution < -0.4 is 5.32 Å². The maximum atomic E-state index is 12.2. The fraction of sp³-hybridized carbons (Fsp3) is 0.435. The number of methoxy groups -OCH3 is 2. The Bertz CT molecular complexity index is 854. The third-order valence-electron chi connectivity index (χ3n) is 5.48. The highest BCUT2D eigenvalue weighted by Crippen LogP contribution is 2.27. The number of carbonyl (C=O) groups is 2. The van der Waals surface area contributed by atoms with Gasteiger partial charge in [0.15, 0.2) is 5.71 Å². The summed E-state index contributed by atoms with van der Waals surface area (Å²) in [5.41, 5.74) is 0.549. The minimum absolute atomic E-state index is 0.213. The summed E-state index contributed by atoms with van der Waals surface area (Å²) in [5.74, 6) is -1.89. The van der Waals surface area contributed by atoms with Gasteiger partial charge in [0.05, 0.1) is 20.3 Å². The van der Waals surface area contributed by atoms with Crippen molar-refractivity contribution in [1.82, 2.24) is 5.32 Å². The molecule has 3 rings (SSSR count). The molecule has 30 heavy (non-hydrogen) atoms. The summed E-state index contributed by atoms with van der Waals surface area (Å²) >= 11 is 0. The van der Waals surface area contributed by atoms with E-state index >= 15 is 0 Å². The van der Waals surface area contributed by atoms with Crippen LogP contribution in [-0.2, 0) is 19.1 Å². The first-order valence-electron chi connectivity index (χ1n) is 10.2. The lowest BCUT2D eigenvalue weighted by Crippen LogP contribution is -2.44. The molecule has 0 amide bonds. The van der Waals surface area contributed by atoms with Crippen LogP contribution in [0, 0.1) is 0 Å². The van der Waals surface area contributed by atoms with E-state index in [0.717, 1.165) is 31.2 Å². The van der Waals surface area contributed by atoms with Crippen LogP contribution in [0.3, 0.4) is 0 Å². The first-order valence-corrected chi connectivity index (χ1v) is 10.2. The van der Waals surface area contributed by atoms with Gasteiger partial charge in [-0.2, -0.15) is 0 Å². The smallest absolute Gasteiger partial charge is 0.357 e. The lowest BCUT2D eigenvalue weighted by Gasteiger charge is -2.29. The van der Waals surface area contributed by atoms with Crippen molar-refractivity contribution < 1.29 is 24.2 Å². The Hall–Kier alpha value is -2.93. The van der Waals surface area contributed by atoms with E-state index in [1.807, 2.05) is 42.5 Å². The lowest BCUT2D eigenvalue weighted by molar-refractivity contribution is -0.137. The third kappa shape index (κ3) is 4.97. The largest absolute Gasteiger partial charge is 0.509 e. The molecule has 0 spiro atoms. The van der Waals surface area contributed by atoms with E-state index in [1.54, 1.807) is 0 Å². The second-order valence-electron chi connectivity index (χ2n) is 7.46. The van der Waals surface area contributed by atoms with Crippen molar-refractivity contribution in [3.63, 3.8) is 0 Å². The average Bonchev–Trinajstić information content (AvgIpc) is 3.14. The van der Waals surface area contributed by atoms with Crippen molar-refractivity contribution in [3.8, 4) is 0 Å². The second-order valence-corrected chi connectivity index (χ2v) is 7.46. The van der Waals surface area contributed by atoms with Gasteiger partial charge in [-0.15, -0.1) is 0 Å². The normalized spacial score (nSPS) is 20.9. The number of benzene rings is 1. The summed E-state index contributed by atoms with van der Waals surface area (Å²) in [6.07, 6.45) is 9.43. The molecule has 1 heterocycles. The molecule has 2 aliphatic rings. The summed E-state index contributed by atoms with van der Waals surface area (Å²) in [5, 5.41) is 14.4. The predicted molar refractivity (Wildman–Crippen MR) is 114 cm³/mol. The van der Waals surface area contributed by atoms with Crippen molar-refractivity contribution in [1.29, 1.82) is 0 Å². The van der Waals surface area contributed by atoms with Crippen LogP contribution in [0.2, 0.25) is 0 Å². The molecule has 2 atom stereocenters. The summed E-state index contributed by atoms with van der Waals surface area (Å²) in [6, 6.07) is 8.82. The van der Waals surface area contributed by atoms with Gasteiger partial charge in [-0.3, -0.25) is 4.99 Å². The number of rotatable bonds is 7. The van der Waals surface area contributed by atoms with Crippen LogP contribution in [0.25, 0.3) is 6.08 Å². The number of nitrogens with zero attached hydrogens (tertiary/aromatic N) is 1. The third-order valence-corrected chi connectivity index (χ3v) is 5.48. The van der Waals surface area contributed by atoms with E-state index < -0.39 is 24.0 Å². The molecule has 7 heteroatoms. The zero-order valence-electron chi connectivity index (χ0n) is 17.3. The maximum Gasteiger partial charge on any atom is 0.357 e. The van der Waals surface area contributed by atoms with Crippen LogP contribution in [0.4, 0.5) is 0 Å². The minimum Gasteiger partial charge on any atom is -0.509 e. The van der Waals surface area contributed by atoms with Crippen LogP contribution >= 0.6 is 0 Å². The molecule has 160 valence electrons. The Kier molecular flexibility index (Phi) is 7.41. The van der Waals surface area contributed by atoms with Gasteiger partial charge < -0.3 is 19.9 Å². The van der Waals surface area contributed by atoms with Gasteiger partial charge in [-0.25, -0.2) is 9.59 Å². The maximum absolute atomic E-state index is 12.2. The molecule has 2 N–H and O–H groups in total. The summed E-state index contributed by atoms with van der Waals surface area (Å²) in [4.78, 5) is 28.8. The van der Waals surface area contributed by atoms with E-state index in [9.17, 15) is 14.7 Å². The second kappa shape index (κ2) is 10.2. The Balaban J connectivity index is 1.95. The number of ether oxygens (including phenoxy) is 2. The summed E-state index contributed by atoms with van der Waals surface area (Å²) in [7, 11) is 2.40. The number of nitrogens with one attached hydrogen (secondary N) is 1. The van der Waals surface area contributed by atoms with Crippen LogP contribution in [0.15, 0.2) is 52.7 Å². The van der Waals surface area contributed by atoms with E-state index in [0.29, 0.717) is 0 Å². The quantitative estimate of drug-likeness (QED) is 0.669. The number of carbonyl (C=O) groups excluding carboxylic acids is 2. The van der Waals surface area contributed by atoms with Crippen molar-refractivity contribution in [2.75, 3.05) is 14.2 Å². The Morgan fingerprint density at radius 1 is 1.10 bits per heavy atom. The molecule has 1 aliphatic heterocycles. The topological polar surface area (TPSA) is 97.2 Å². The van der Waals surface area contributed by atoms with Crippen LogP contribution in [0.5, 0.6) is 0 Å². The summed E-state index contributed by atoms with van der Waals surface area (Å²) < 4.78 is 9.51. The van der Waals surface area contributed by atoms with Gasteiger partial charge in [0.1, 0.15) is 17.4 Å². The summed E-state index contributed by atoms with van der Waals surface area (Å²) in [6.45, 7) is 0. The molecule has 1 aromatic carbocycles.